The van der Waals surface area contributed by atoms with Gasteiger partial charge in [-0.2, -0.15) is 0 Å². The lowest BCUT2D eigenvalue weighted by atomic mass is 10.1. The topological polar surface area (TPSA) is 38.5 Å². The first-order valence-electron chi connectivity index (χ1n) is 6.02. The van der Waals surface area contributed by atoms with Gasteiger partial charge in [0.15, 0.2) is 5.58 Å². The average molecular weight is 269 g/mol. The third-order valence-electron chi connectivity index (χ3n) is 3.29. The van der Waals surface area contributed by atoms with Crippen molar-refractivity contribution in [2.45, 2.75) is 18.9 Å². The zero-order valence-corrected chi connectivity index (χ0v) is 11.2. The highest BCUT2D eigenvalue weighted by molar-refractivity contribution is 5.85. The van der Waals surface area contributed by atoms with Crippen molar-refractivity contribution < 1.29 is 9.26 Å². The molecule has 3 rings (SSSR count). The molecule has 0 atom stereocenters. The lowest BCUT2D eigenvalue weighted by Gasteiger charge is -2.28. The van der Waals surface area contributed by atoms with Crippen LogP contribution in [0.25, 0.3) is 11.0 Å². The SMILES string of the molecule is CN1CCC(Oc2noc3ccccc23)CC1.Cl. The van der Waals surface area contributed by atoms with Crippen molar-refractivity contribution in [1.82, 2.24) is 10.1 Å². The summed E-state index contributed by atoms with van der Waals surface area (Å²) in [5.41, 5.74) is 0.787. The van der Waals surface area contributed by atoms with Crippen LogP contribution < -0.4 is 4.74 Å². The number of hydrogen-bond donors (Lipinski definition) is 0. The highest BCUT2D eigenvalue weighted by atomic mass is 35.5. The van der Waals surface area contributed by atoms with Crippen LogP contribution in [0.2, 0.25) is 0 Å². The molecular weight excluding hydrogens is 252 g/mol. The molecule has 1 aliphatic heterocycles. The van der Waals surface area contributed by atoms with Crippen LogP contribution in [0.1, 0.15) is 12.8 Å². The molecule has 18 heavy (non-hydrogen) atoms. The normalized spacial score (nSPS) is 17.6. The van der Waals surface area contributed by atoms with Gasteiger partial charge in [-0.3, -0.25) is 0 Å². The number of halogens is 1. The molecule has 0 spiro atoms. The predicted molar refractivity (Wildman–Crippen MR) is 72.4 cm³/mol. The Morgan fingerprint density at radius 2 is 2.00 bits per heavy atom. The van der Waals surface area contributed by atoms with Gasteiger partial charge in [-0.15, -0.1) is 12.4 Å². The Labute approximate surface area is 112 Å². The summed E-state index contributed by atoms with van der Waals surface area (Å²) in [4.78, 5) is 2.32. The Morgan fingerprint density at radius 1 is 1.28 bits per heavy atom. The summed E-state index contributed by atoms with van der Waals surface area (Å²) in [5.74, 6) is 0.634. The molecule has 1 aromatic heterocycles. The van der Waals surface area contributed by atoms with Crippen molar-refractivity contribution in [3.05, 3.63) is 24.3 Å². The largest absolute Gasteiger partial charge is 0.472 e. The molecule has 98 valence electrons. The smallest absolute Gasteiger partial charge is 0.262 e. The van der Waals surface area contributed by atoms with E-state index >= 15 is 0 Å². The first-order chi connectivity index (χ1) is 8.33. The Kier molecular flexibility index (Phi) is 4.09. The number of rotatable bonds is 2. The molecule has 4 nitrogen and oxygen atoms in total. The molecule has 5 heteroatoms. The Morgan fingerprint density at radius 3 is 2.78 bits per heavy atom. The third kappa shape index (κ3) is 2.60. The van der Waals surface area contributed by atoms with Gasteiger partial charge in [-0.1, -0.05) is 12.1 Å². The van der Waals surface area contributed by atoms with E-state index in [2.05, 4.69) is 17.1 Å². The van der Waals surface area contributed by atoms with Gasteiger partial charge >= 0.3 is 0 Å². The third-order valence-corrected chi connectivity index (χ3v) is 3.29. The molecule has 0 radical (unpaired) electrons. The highest BCUT2D eigenvalue weighted by Gasteiger charge is 2.20. The predicted octanol–water partition coefficient (Wildman–Crippen LogP) is 2.72. The number of hydrogen-bond acceptors (Lipinski definition) is 4. The molecule has 1 aliphatic rings. The maximum Gasteiger partial charge on any atom is 0.262 e. The number of aromatic nitrogens is 1. The van der Waals surface area contributed by atoms with Crippen molar-refractivity contribution in [2.24, 2.45) is 0 Å². The lowest BCUT2D eigenvalue weighted by molar-refractivity contribution is 0.107. The van der Waals surface area contributed by atoms with Crippen LogP contribution in [0, 0.1) is 0 Å². The minimum Gasteiger partial charge on any atom is -0.472 e. The van der Waals surface area contributed by atoms with Crippen LogP contribution in [0.15, 0.2) is 28.8 Å². The summed E-state index contributed by atoms with van der Waals surface area (Å²) in [7, 11) is 2.14. The van der Waals surface area contributed by atoms with E-state index in [1.54, 1.807) is 0 Å². The fourth-order valence-corrected chi connectivity index (χ4v) is 2.21. The van der Waals surface area contributed by atoms with Gasteiger partial charge in [0.25, 0.3) is 5.88 Å². The standard InChI is InChI=1S/C13H16N2O2.ClH/c1-15-8-6-10(7-9-15)16-13-11-4-2-3-5-12(11)17-14-13;/h2-5,10H,6-9H2,1H3;1H. The van der Waals surface area contributed by atoms with Gasteiger partial charge in [0.2, 0.25) is 0 Å². The number of fused-ring (bicyclic) bond motifs is 1. The van der Waals surface area contributed by atoms with E-state index in [1.807, 2.05) is 24.3 Å². The van der Waals surface area contributed by atoms with Crippen molar-refractivity contribution in [1.29, 1.82) is 0 Å². The molecule has 2 heterocycles. The van der Waals surface area contributed by atoms with Crippen molar-refractivity contribution in [2.75, 3.05) is 20.1 Å². The van der Waals surface area contributed by atoms with E-state index in [0.717, 1.165) is 36.9 Å². The first-order valence-corrected chi connectivity index (χ1v) is 6.02. The second-order valence-corrected chi connectivity index (χ2v) is 4.60. The molecule has 1 saturated heterocycles. The van der Waals surface area contributed by atoms with Crippen LogP contribution in [-0.2, 0) is 0 Å². The maximum absolute atomic E-state index is 5.93. The fourth-order valence-electron chi connectivity index (χ4n) is 2.21. The van der Waals surface area contributed by atoms with E-state index in [4.69, 9.17) is 9.26 Å². The quantitative estimate of drug-likeness (QED) is 0.839. The summed E-state index contributed by atoms with van der Waals surface area (Å²) in [5, 5.41) is 4.96. The van der Waals surface area contributed by atoms with Gasteiger partial charge in [-0.25, -0.2) is 0 Å². The second-order valence-electron chi connectivity index (χ2n) is 4.60. The number of para-hydroxylation sites is 1. The minimum atomic E-state index is 0. The van der Waals surface area contributed by atoms with E-state index in [-0.39, 0.29) is 18.5 Å². The van der Waals surface area contributed by atoms with Crippen molar-refractivity contribution in [3.8, 4) is 5.88 Å². The lowest BCUT2D eigenvalue weighted by Crippen LogP contribution is -2.35. The maximum atomic E-state index is 5.93. The summed E-state index contributed by atoms with van der Waals surface area (Å²) in [6.07, 6.45) is 2.37. The number of benzene rings is 1. The fraction of sp³-hybridized carbons (Fsp3) is 0.462. The molecule has 0 unspecified atom stereocenters. The van der Waals surface area contributed by atoms with Crippen LogP contribution in [-0.4, -0.2) is 36.3 Å². The molecular formula is C13H17ClN2O2. The van der Waals surface area contributed by atoms with Gasteiger partial charge < -0.3 is 14.2 Å². The summed E-state index contributed by atoms with van der Waals surface area (Å²) in [6, 6.07) is 7.80. The molecule has 0 N–H and O–H groups in total. The minimum absolute atomic E-state index is 0. The van der Waals surface area contributed by atoms with Crippen LogP contribution in [0.4, 0.5) is 0 Å². The van der Waals surface area contributed by atoms with Gasteiger partial charge in [0, 0.05) is 13.1 Å². The number of piperidine rings is 1. The summed E-state index contributed by atoms with van der Waals surface area (Å²) >= 11 is 0. The number of nitrogens with zero attached hydrogens (tertiary/aromatic N) is 2. The number of ether oxygens (including phenoxy) is 1. The molecule has 0 saturated carbocycles. The van der Waals surface area contributed by atoms with Crippen molar-refractivity contribution in [3.63, 3.8) is 0 Å². The molecule has 1 fully saturated rings. The molecule has 0 amide bonds. The highest BCUT2D eigenvalue weighted by Crippen LogP contribution is 2.26. The zero-order chi connectivity index (χ0) is 11.7. The molecule has 0 bridgehead atoms. The first kappa shape index (κ1) is 13.2. The Balaban J connectivity index is 0.00000120. The van der Waals surface area contributed by atoms with Gasteiger partial charge in [0.05, 0.1) is 5.39 Å². The molecule has 2 aromatic rings. The van der Waals surface area contributed by atoms with E-state index < -0.39 is 0 Å². The molecule has 1 aromatic carbocycles. The summed E-state index contributed by atoms with van der Waals surface area (Å²) in [6.45, 7) is 2.17. The van der Waals surface area contributed by atoms with Gasteiger partial charge in [0.1, 0.15) is 6.10 Å². The Hall–Kier alpha value is -1.26. The van der Waals surface area contributed by atoms with Gasteiger partial charge in [-0.05, 0) is 37.2 Å². The van der Waals surface area contributed by atoms with Crippen LogP contribution in [0.3, 0.4) is 0 Å². The summed E-state index contributed by atoms with van der Waals surface area (Å²) < 4.78 is 11.2. The second kappa shape index (κ2) is 5.59. The van der Waals surface area contributed by atoms with Crippen LogP contribution >= 0.6 is 12.4 Å². The van der Waals surface area contributed by atoms with E-state index in [0.29, 0.717) is 5.88 Å². The Bertz CT molecular complexity index is 506. The van der Waals surface area contributed by atoms with Crippen molar-refractivity contribution >= 4 is 23.4 Å². The number of likely N-dealkylation sites (tertiary alicyclic amines) is 1. The van der Waals surface area contributed by atoms with E-state index in [9.17, 15) is 0 Å². The van der Waals surface area contributed by atoms with E-state index in [1.165, 1.54) is 0 Å². The van der Waals surface area contributed by atoms with Crippen LogP contribution in [0.5, 0.6) is 5.88 Å². The monoisotopic (exact) mass is 268 g/mol. The molecule has 0 aliphatic carbocycles. The average Bonchev–Trinajstić information content (AvgIpc) is 2.76. The zero-order valence-electron chi connectivity index (χ0n) is 10.3.